The lowest BCUT2D eigenvalue weighted by Gasteiger charge is -2.04. The molecule has 2 heterocycles. The summed E-state index contributed by atoms with van der Waals surface area (Å²) in [5.74, 6) is 0. The van der Waals surface area contributed by atoms with Crippen molar-refractivity contribution in [2.24, 2.45) is 0 Å². The Morgan fingerprint density at radius 1 is 1.32 bits per heavy atom. The van der Waals surface area contributed by atoms with Crippen LogP contribution in [0, 0.1) is 6.92 Å². The summed E-state index contributed by atoms with van der Waals surface area (Å²) in [6, 6.07) is 9.74. The van der Waals surface area contributed by atoms with Crippen LogP contribution in [0.25, 0.3) is 5.65 Å². The largest absolute Gasteiger partial charge is 0.297 e. The standard InChI is InChI=1S/C14H12ClN3O/c1-9-8-16-18-13(9)17-12(15)11(14(18)19)7-10-5-3-2-4-6-10/h2-6,8,16H,7H2,1H3. The number of rotatable bonds is 2. The summed E-state index contributed by atoms with van der Waals surface area (Å²) < 4.78 is 1.43. The molecular formula is C14H12ClN3O. The zero-order chi connectivity index (χ0) is 13.4. The number of hydrogen-bond donors (Lipinski definition) is 1. The molecule has 0 spiro atoms. The number of hydrogen-bond acceptors (Lipinski definition) is 2. The van der Waals surface area contributed by atoms with E-state index in [9.17, 15) is 4.79 Å². The van der Waals surface area contributed by atoms with Crippen molar-refractivity contribution in [1.29, 1.82) is 0 Å². The second-order valence-electron chi connectivity index (χ2n) is 4.46. The fourth-order valence-corrected chi connectivity index (χ4v) is 2.32. The summed E-state index contributed by atoms with van der Waals surface area (Å²) in [7, 11) is 0. The molecule has 0 aliphatic heterocycles. The predicted molar refractivity (Wildman–Crippen MR) is 74.8 cm³/mol. The zero-order valence-electron chi connectivity index (χ0n) is 10.4. The molecule has 0 atom stereocenters. The third-order valence-corrected chi connectivity index (χ3v) is 3.43. The van der Waals surface area contributed by atoms with Gasteiger partial charge in [0.2, 0.25) is 0 Å². The van der Waals surface area contributed by atoms with E-state index in [1.54, 1.807) is 6.20 Å². The third kappa shape index (κ3) is 2.04. The molecule has 0 fully saturated rings. The highest BCUT2D eigenvalue weighted by Crippen LogP contribution is 2.16. The first-order valence-electron chi connectivity index (χ1n) is 5.96. The van der Waals surface area contributed by atoms with Crippen molar-refractivity contribution in [1.82, 2.24) is 14.6 Å². The summed E-state index contributed by atoms with van der Waals surface area (Å²) in [5.41, 5.74) is 2.86. The first-order valence-corrected chi connectivity index (χ1v) is 6.33. The van der Waals surface area contributed by atoms with Crippen LogP contribution in [0.2, 0.25) is 5.15 Å². The summed E-state index contributed by atoms with van der Waals surface area (Å²) in [6.07, 6.45) is 2.22. The van der Waals surface area contributed by atoms with Crippen molar-refractivity contribution >= 4 is 17.2 Å². The smallest absolute Gasteiger partial charge is 0.277 e. The van der Waals surface area contributed by atoms with Crippen molar-refractivity contribution in [3.8, 4) is 0 Å². The predicted octanol–water partition coefficient (Wildman–Crippen LogP) is 2.58. The minimum absolute atomic E-state index is 0.146. The van der Waals surface area contributed by atoms with Gasteiger partial charge >= 0.3 is 0 Å². The number of nitrogens with one attached hydrogen (secondary N) is 1. The van der Waals surface area contributed by atoms with Gasteiger partial charge in [-0.05, 0) is 12.5 Å². The SMILES string of the molecule is Cc1c[nH]n2c(=O)c(Cc3ccccc3)c(Cl)nc12. The molecule has 0 aliphatic rings. The minimum Gasteiger partial charge on any atom is -0.297 e. The average Bonchev–Trinajstić information content (AvgIpc) is 2.78. The third-order valence-electron chi connectivity index (χ3n) is 3.11. The van der Waals surface area contributed by atoms with E-state index < -0.39 is 0 Å². The molecule has 96 valence electrons. The number of benzene rings is 1. The Kier molecular flexibility index (Phi) is 2.87. The maximum Gasteiger partial charge on any atom is 0.277 e. The first kappa shape index (κ1) is 12.0. The second-order valence-corrected chi connectivity index (χ2v) is 4.82. The second kappa shape index (κ2) is 4.55. The normalized spacial score (nSPS) is 11.1. The van der Waals surface area contributed by atoms with Gasteiger partial charge in [0.05, 0.1) is 5.56 Å². The Balaban J connectivity index is 2.16. The summed E-state index contributed by atoms with van der Waals surface area (Å²) >= 11 is 6.15. The van der Waals surface area contributed by atoms with Crippen LogP contribution in [0.15, 0.2) is 41.3 Å². The highest BCUT2D eigenvalue weighted by molar-refractivity contribution is 6.30. The number of halogens is 1. The molecule has 5 heteroatoms. The monoisotopic (exact) mass is 273 g/mol. The first-order chi connectivity index (χ1) is 9.16. The fraction of sp³-hybridized carbons (Fsp3) is 0.143. The molecule has 0 radical (unpaired) electrons. The molecule has 1 N–H and O–H groups in total. The van der Waals surface area contributed by atoms with Crippen LogP contribution in [0.1, 0.15) is 16.7 Å². The molecule has 3 aromatic rings. The van der Waals surface area contributed by atoms with Gasteiger partial charge in [-0.1, -0.05) is 41.9 Å². The Labute approximate surface area is 114 Å². The van der Waals surface area contributed by atoms with Crippen LogP contribution < -0.4 is 5.56 Å². The van der Waals surface area contributed by atoms with Crippen LogP contribution in [-0.4, -0.2) is 14.6 Å². The summed E-state index contributed by atoms with van der Waals surface area (Å²) in [5, 5.41) is 3.17. The number of aromatic nitrogens is 3. The Hall–Kier alpha value is -2.07. The Morgan fingerprint density at radius 3 is 2.79 bits per heavy atom. The highest BCUT2D eigenvalue weighted by atomic mass is 35.5. The lowest BCUT2D eigenvalue weighted by atomic mass is 10.1. The molecule has 19 heavy (non-hydrogen) atoms. The van der Waals surface area contributed by atoms with E-state index in [1.165, 1.54) is 4.52 Å². The zero-order valence-corrected chi connectivity index (χ0v) is 11.1. The van der Waals surface area contributed by atoms with Gasteiger partial charge in [0.25, 0.3) is 5.56 Å². The lowest BCUT2D eigenvalue weighted by molar-refractivity contribution is 0.873. The van der Waals surface area contributed by atoms with Crippen molar-refractivity contribution in [3.05, 3.63) is 68.7 Å². The molecule has 0 unspecified atom stereocenters. The Bertz CT molecular complexity index is 790. The number of H-pyrrole nitrogens is 1. The Morgan fingerprint density at radius 2 is 2.05 bits per heavy atom. The topological polar surface area (TPSA) is 50.2 Å². The van der Waals surface area contributed by atoms with Gasteiger partial charge in [0, 0.05) is 18.2 Å². The van der Waals surface area contributed by atoms with Gasteiger partial charge in [-0.3, -0.25) is 9.89 Å². The minimum atomic E-state index is -0.146. The number of nitrogens with zero attached hydrogens (tertiary/aromatic N) is 2. The maximum atomic E-state index is 12.4. The fourth-order valence-electron chi connectivity index (χ4n) is 2.09. The molecule has 4 nitrogen and oxygen atoms in total. The van der Waals surface area contributed by atoms with E-state index in [0.29, 0.717) is 17.6 Å². The van der Waals surface area contributed by atoms with Gasteiger partial charge in [-0.25, -0.2) is 9.50 Å². The quantitative estimate of drug-likeness (QED) is 0.730. The molecule has 0 saturated heterocycles. The van der Waals surface area contributed by atoms with Gasteiger partial charge in [-0.2, -0.15) is 0 Å². The average molecular weight is 274 g/mol. The molecule has 0 bridgehead atoms. The van der Waals surface area contributed by atoms with Gasteiger partial charge in [-0.15, -0.1) is 0 Å². The van der Waals surface area contributed by atoms with E-state index >= 15 is 0 Å². The van der Waals surface area contributed by atoms with E-state index in [0.717, 1.165) is 11.1 Å². The molecule has 3 rings (SSSR count). The number of aryl methyl sites for hydroxylation is 1. The van der Waals surface area contributed by atoms with Gasteiger partial charge in [0.1, 0.15) is 5.15 Å². The van der Waals surface area contributed by atoms with Crippen molar-refractivity contribution in [3.63, 3.8) is 0 Å². The summed E-state index contributed by atoms with van der Waals surface area (Å²) in [4.78, 5) is 16.7. The number of fused-ring (bicyclic) bond motifs is 1. The lowest BCUT2D eigenvalue weighted by Crippen LogP contribution is -2.21. The van der Waals surface area contributed by atoms with Crippen LogP contribution in [0.4, 0.5) is 0 Å². The van der Waals surface area contributed by atoms with Crippen LogP contribution in [0.5, 0.6) is 0 Å². The molecule has 0 amide bonds. The molecular weight excluding hydrogens is 262 g/mol. The van der Waals surface area contributed by atoms with Crippen LogP contribution >= 0.6 is 11.6 Å². The molecule has 0 aliphatic carbocycles. The van der Waals surface area contributed by atoms with E-state index in [4.69, 9.17) is 11.6 Å². The maximum absolute atomic E-state index is 12.4. The van der Waals surface area contributed by atoms with E-state index in [1.807, 2.05) is 37.3 Å². The van der Waals surface area contributed by atoms with Crippen LogP contribution in [-0.2, 0) is 6.42 Å². The molecule has 2 aromatic heterocycles. The molecule has 0 saturated carbocycles. The number of aromatic amines is 1. The van der Waals surface area contributed by atoms with Gasteiger partial charge in [0.15, 0.2) is 5.65 Å². The summed E-state index contributed by atoms with van der Waals surface area (Å²) in [6.45, 7) is 1.88. The van der Waals surface area contributed by atoms with E-state index in [2.05, 4.69) is 10.1 Å². The van der Waals surface area contributed by atoms with Gasteiger partial charge < -0.3 is 0 Å². The highest BCUT2D eigenvalue weighted by Gasteiger charge is 2.13. The van der Waals surface area contributed by atoms with Crippen molar-refractivity contribution in [2.75, 3.05) is 0 Å². The van der Waals surface area contributed by atoms with Crippen molar-refractivity contribution in [2.45, 2.75) is 13.3 Å². The van der Waals surface area contributed by atoms with Crippen molar-refractivity contribution < 1.29 is 0 Å². The van der Waals surface area contributed by atoms with E-state index in [-0.39, 0.29) is 10.7 Å². The van der Waals surface area contributed by atoms with Crippen LogP contribution in [0.3, 0.4) is 0 Å². The molecule has 1 aromatic carbocycles.